The number of piperidine rings is 2. The second-order valence-electron chi connectivity index (χ2n) is 6.92. The fourth-order valence-corrected chi connectivity index (χ4v) is 3.61. The molecule has 0 saturated carbocycles. The predicted octanol–water partition coefficient (Wildman–Crippen LogP) is 1.83. The second-order valence-corrected chi connectivity index (χ2v) is 6.92. The van der Waals surface area contributed by atoms with Crippen LogP contribution in [0.5, 0.6) is 0 Å². The number of fused-ring (bicyclic) bond motifs is 1. The summed E-state index contributed by atoms with van der Waals surface area (Å²) in [5, 5.41) is 0. The maximum atomic E-state index is 12.3. The van der Waals surface area contributed by atoms with Crippen LogP contribution in [0, 0.1) is 5.92 Å². The van der Waals surface area contributed by atoms with Crippen LogP contribution in [-0.4, -0.2) is 73.5 Å². The molecule has 0 spiro atoms. The van der Waals surface area contributed by atoms with Gasteiger partial charge in [-0.05, 0) is 46.7 Å². The molecule has 21 heavy (non-hydrogen) atoms. The van der Waals surface area contributed by atoms with Crippen LogP contribution in [0.25, 0.3) is 0 Å². The molecule has 0 N–H and O–H groups in total. The highest BCUT2D eigenvalue weighted by atomic mass is 16.2. The summed E-state index contributed by atoms with van der Waals surface area (Å²) >= 11 is 0. The first-order chi connectivity index (χ1) is 10.0. The maximum absolute atomic E-state index is 12.3. The largest absolute Gasteiger partial charge is 0.338 e. The van der Waals surface area contributed by atoms with E-state index < -0.39 is 0 Å². The van der Waals surface area contributed by atoms with Crippen molar-refractivity contribution >= 4 is 5.91 Å². The second kappa shape index (κ2) is 7.41. The summed E-state index contributed by atoms with van der Waals surface area (Å²) in [6, 6.07) is 0.480. The Bertz CT molecular complexity index is 391. The Balaban J connectivity index is 1.95. The van der Waals surface area contributed by atoms with Crippen molar-refractivity contribution in [2.45, 2.75) is 39.2 Å². The van der Waals surface area contributed by atoms with Gasteiger partial charge in [-0.2, -0.15) is 0 Å². The van der Waals surface area contributed by atoms with Crippen LogP contribution in [0.4, 0.5) is 0 Å². The Morgan fingerprint density at radius 1 is 1.38 bits per heavy atom. The van der Waals surface area contributed by atoms with E-state index >= 15 is 0 Å². The average molecular weight is 293 g/mol. The molecule has 4 heteroatoms. The minimum atomic E-state index is 0.371. The molecule has 0 aromatic carbocycles. The Hall–Kier alpha value is -0.870. The first-order valence-electron chi connectivity index (χ1n) is 8.29. The van der Waals surface area contributed by atoms with Gasteiger partial charge in [0.15, 0.2) is 0 Å². The summed E-state index contributed by atoms with van der Waals surface area (Å²) in [4.78, 5) is 19.2. The van der Waals surface area contributed by atoms with Gasteiger partial charge < -0.3 is 9.80 Å². The summed E-state index contributed by atoms with van der Waals surface area (Å²) in [6.45, 7) is 9.55. The fraction of sp³-hybridized carbons (Fsp3) is 0.824. The molecule has 0 radical (unpaired) electrons. The average Bonchev–Trinajstić information content (AvgIpc) is 2.46. The minimum absolute atomic E-state index is 0.371. The zero-order chi connectivity index (χ0) is 15.4. The molecule has 2 atom stereocenters. The number of likely N-dealkylation sites (N-methyl/N-ethyl adjacent to an activating group) is 1. The number of carbonyl (C=O) groups excluding carboxylic acids is 1. The van der Waals surface area contributed by atoms with Crippen molar-refractivity contribution in [1.29, 1.82) is 0 Å². The molecule has 2 fully saturated rings. The molecule has 2 rings (SSSR count). The van der Waals surface area contributed by atoms with Crippen LogP contribution in [0.2, 0.25) is 0 Å². The number of amides is 1. The molecule has 0 aliphatic carbocycles. The normalized spacial score (nSPS) is 28.1. The quantitative estimate of drug-likeness (QED) is 0.724. The van der Waals surface area contributed by atoms with Crippen LogP contribution in [0.15, 0.2) is 11.6 Å². The number of nitrogens with zero attached hydrogens (tertiary/aromatic N) is 3. The van der Waals surface area contributed by atoms with E-state index in [2.05, 4.69) is 48.7 Å². The number of hydrogen-bond acceptors (Lipinski definition) is 3. The van der Waals surface area contributed by atoms with E-state index in [1.807, 2.05) is 0 Å². The van der Waals surface area contributed by atoms with E-state index in [1.165, 1.54) is 5.57 Å². The van der Waals surface area contributed by atoms with Gasteiger partial charge in [-0.1, -0.05) is 11.6 Å². The Kier molecular flexibility index (Phi) is 5.82. The van der Waals surface area contributed by atoms with Crippen molar-refractivity contribution in [3.8, 4) is 0 Å². The molecule has 2 aliphatic rings. The molecule has 1 amide bonds. The van der Waals surface area contributed by atoms with Crippen LogP contribution in [-0.2, 0) is 4.79 Å². The predicted molar refractivity (Wildman–Crippen MR) is 87.3 cm³/mol. The third-order valence-electron chi connectivity index (χ3n) is 4.98. The third-order valence-corrected chi connectivity index (χ3v) is 4.98. The summed E-state index contributed by atoms with van der Waals surface area (Å²) in [7, 11) is 4.16. The van der Waals surface area contributed by atoms with E-state index in [0.717, 1.165) is 52.0 Å². The maximum Gasteiger partial charge on any atom is 0.222 e. The lowest BCUT2D eigenvalue weighted by Crippen LogP contribution is -2.57. The van der Waals surface area contributed by atoms with Crippen LogP contribution < -0.4 is 0 Å². The molecule has 0 aromatic rings. The van der Waals surface area contributed by atoms with Crippen LogP contribution >= 0.6 is 0 Å². The molecular formula is C17H31N3O. The zero-order valence-electron chi connectivity index (χ0n) is 14.1. The number of hydrogen-bond donors (Lipinski definition) is 0. The van der Waals surface area contributed by atoms with Gasteiger partial charge in [0.25, 0.3) is 0 Å². The van der Waals surface area contributed by atoms with E-state index in [9.17, 15) is 4.79 Å². The SMILES string of the molecule is CC=C(C)CN1CC[C@H]2[C@H](CCC(=O)N2CCN(C)C)C1. The highest BCUT2D eigenvalue weighted by Crippen LogP contribution is 2.31. The first-order valence-corrected chi connectivity index (χ1v) is 8.29. The van der Waals surface area contributed by atoms with Crippen LogP contribution in [0.3, 0.4) is 0 Å². The minimum Gasteiger partial charge on any atom is -0.338 e. The molecule has 4 nitrogen and oxygen atoms in total. The molecule has 2 aliphatic heterocycles. The van der Waals surface area contributed by atoms with Gasteiger partial charge >= 0.3 is 0 Å². The standard InChI is InChI=1S/C17H31N3O/c1-5-14(2)12-19-9-8-16-15(13-19)6-7-17(21)20(16)11-10-18(3)4/h5,15-16H,6-13H2,1-4H3/t15-,16+/m1/s1. The summed E-state index contributed by atoms with van der Waals surface area (Å²) < 4.78 is 0. The topological polar surface area (TPSA) is 26.8 Å². The van der Waals surface area contributed by atoms with Gasteiger partial charge in [-0.15, -0.1) is 0 Å². The lowest BCUT2D eigenvalue weighted by molar-refractivity contribution is -0.141. The van der Waals surface area contributed by atoms with Crippen molar-refractivity contribution in [3.63, 3.8) is 0 Å². The van der Waals surface area contributed by atoms with Gasteiger partial charge in [0, 0.05) is 45.2 Å². The molecule has 2 heterocycles. The molecule has 0 aromatic heterocycles. The number of carbonyl (C=O) groups is 1. The highest BCUT2D eigenvalue weighted by molar-refractivity contribution is 5.77. The fourth-order valence-electron chi connectivity index (χ4n) is 3.61. The molecule has 2 saturated heterocycles. The molecule has 0 bridgehead atoms. The number of allylic oxidation sites excluding steroid dienone is 1. The zero-order valence-corrected chi connectivity index (χ0v) is 14.1. The van der Waals surface area contributed by atoms with Crippen molar-refractivity contribution in [2.75, 3.05) is 46.8 Å². The van der Waals surface area contributed by atoms with Crippen molar-refractivity contribution in [3.05, 3.63) is 11.6 Å². The monoisotopic (exact) mass is 293 g/mol. The Morgan fingerprint density at radius 3 is 2.81 bits per heavy atom. The van der Waals surface area contributed by atoms with E-state index in [4.69, 9.17) is 0 Å². The summed E-state index contributed by atoms with van der Waals surface area (Å²) in [5.41, 5.74) is 1.45. The number of rotatable bonds is 5. The third kappa shape index (κ3) is 4.30. The lowest BCUT2D eigenvalue weighted by atomic mass is 9.83. The lowest BCUT2D eigenvalue weighted by Gasteiger charge is -2.47. The molecular weight excluding hydrogens is 262 g/mol. The summed E-state index contributed by atoms with van der Waals surface area (Å²) in [5.74, 6) is 1.04. The molecule has 120 valence electrons. The van der Waals surface area contributed by atoms with Crippen molar-refractivity contribution < 1.29 is 4.79 Å². The Labute approximate surface area is 129 Å². The molecule has 0 unspecified atom stereocenters. The van der Waals surface area contributed by atoms with E-state index in [-0.39, 0.29) is 0 Å². The van der Waals surface area contributed by atoms with Gasteiger partial charge in [-0.25, -0.2) is 0 Å². The van der Waals surface area contributed by atoms with Gasteiger partial charge in [-0.3, -0.25) is 9.69 Å². The highest BCUT2D eigenvalue weighted by Gasteiger charge is 2.38. The van der Waals surface area contributed by atoms with Crippen LogP contribution in [0.1, 0.15) is 33.1 Å². The van der Waals surface area contributed by atoms with E-state index in [0.29, 0.717) is 17.9 Å². The van der Waals surface area contributed by atoms with Gasteiger partial charge in [0.1, 0.15) is 0 Å². The van der Waals surface area contributed by atoms with Gasteiger partial charge in [0.05, 0.1) is 0 Å². The van der Waals surface area contributed by atoms with E-state index in [1.54, 1.807) is 0 Å². The summed E-state index contributed by atoms with van der Waals surface area (Å²) in [6.07, 6.45) is 5.17. The smallest absolute Gasteiger partial charge is 0.222 e. The van der Waals surface area contributed by atoms with Gasteiger partial charge in [0.2, 0.25) is 5.91 Å². The first kappa shape index (κ1) is 16.5. The van der Waals surface area contributed by atoms with Crippen molar-refractivity contribution in [2.24, 2.45) is 5.92 Å². The van der Waals surface area contributed by atoms with Crippen molar-refractivity contribution in [1.82, 2.24) is 14.7 Å². The Morgan fingerprint density at radius 2 is 2.14 bits per heavy atom. The number of likely N-dealkylation sites (tertiary alicyclic amines) is 2.